The van der Waals surface area contributed by atoms with E-state index in [0.29, 0.717) is 13.0 Å². The third-order valence-electron chi connectivity index (χ3n) is 5.18. The number of fused-ring (bicyclic) bond motifs is 1. The zero-order chi connectivity index (χ0) is 21.2. The maximum atomic E-state index is 11.7. The third kappa shape index (κ3) is 5.03. The van der Waals surface area contributed by atoms with Crippen LogP contribution in [0.4, 0.5) is 0 Å². The van der Waals surface area contributed by atoms with Gasteiger partial charge in [-0.2, -0.15) is 0 Å². The van der Waals surface area contributed by atoms with Crippen molar-refractivity contribution in [3.63, 3.8) is 0 Å². The Morgan fingerprint density at radius 2 is 1.93 bits per heavy atom. The van der Waals surface area contributed by atoms with Crippen LogP contribution in [0.2, 0.25) is 0 Å². The average Bonchev–Trinajstić information content (AvgIpc) is 3.05. The van der Waals surface area contributed by atoms with Gasteiger partial charge >= 0.3 is 5.97 Å². The number of thiophene rings is 1. The molecule has 4 heteroatoms. The molecule has 2 aromatic rings. The average molecular weight is 411 g/mol. The number of hydrogen-bond donors (Lipinski definition) is 0. The van der Waals surface area contributed by atoms with Crippen LogP contribution < -0.4 is 4.74 Å². The van der Waals surface area contributed by atoms with Crippen LogP contribution in [0.1, 0.15) is 74.4 Å². The zero-order valence-corrected chi connectivity index (χ0v) is 19.1. The summed E-state index contributed by atoms with van der Waals surface area (Å²) in [6.07, 6.45) is 2.17. The Bertz CT molecular complexity index is 970. The molecular weight excluding hydrogens is 380 g/mol. The van der Waals surface area contributed by atoms with Gasteiger partial charge in [-0.3, -0.25) is 4.79 Å². The lowest BCUT2D eigenvalue weighted by Crippen LogP contribution is -2.41. The highest BCUT2D eigenvalue weighted by atomic mass is 32.1. The fourth-order valence-corrected chi connectivity index (χ4v) is 5.01. The topological polar surface area (TPSA) is 35.5 Å². The molecule has 1 aliphatic rings. The minimum Gasteiger partial charge on any atom is -0.488 e. The summed E-state index contributed by atoms with van der Waals surface area (Å²) in [6.45, 7) is 13.2. The highest BCUT2D eigenvalue weighted by Gasteiger charge is 2.39. The van der Waals surface area contributed by atoms with Crippen LogP contribution in [-0.2, 0) is 27.8 Å². The zero-order valence-electron chi connectivity index (χ0n) is 18.3. The van der Waals surface area contributed by atoms with Crippen LogP contribution in [0, 0.1) is 11.8 Å². The monoisotopic (exact) mass is 410 g/mol. The second-order valence-corrected chi connectivity index (χ2v) is 9.95. The first kappa shape index (κ1) is 21.5. The molecule has 0 spiro atoms. The Kier molecular flexibility index (Phi) is 6.10. The van der Waals surface area contributed by atoms with Gasteiger partial charge in [0.2, 0.25) is 0 Å². The van der Waals surface area contributed by atoms with E-state index < -0.39 is 0 Å². The minimum absolute atomic E-state index is 0.0372. The van der Waals surface area contributed by atoms with Gasteiger partial charge in [-0.1, -0.05) is 32.6 Å². The molecule has 0 amide bonds. The van der Waals surface area contributed by atoms with E-state index in [1.54, 1.807) is 11.3 Å². The molecule has 3 rings (SSSR count). The molecular formula is C25H30O3S. The van der Waals surface area contributed by atoms with Gasteiger partial charge in [-0.05, 0) is 68.9 Å². The number of carbonyl (C=O) groups is 1. The van der Waals surface area contributed by atoms with Crippen LogP contribution >= 0.6 is 11.3 Å². The molecule has 0 fully saturated rings. The van der Waals surface area contributed by atoms with Crippen molar-refractivity contribution < 1.29 is 14.3 Å². The summed E-state index contributed by atoms with van der Waals surface area (Å²) >= 11 is 1.55. The van der Waals surface area contributed by atoms with Gasteiger partial charge in [0.25, 0.3) is 0 Å². The lowest BCUT2D eigenvalue weighted by molar-refractivity contribution is -0.142. The van der Waals surface area contributed by atoms with E-state index in [1.165, 1.54) is 11.1 Å². The molecule has 1 aliphatic heterocycles. The number of hydrogen-bond acceptors (Lipinski definition) is 4. The molecule has 0 unspecified atom stereocenters. The van der Waals surface area contributed by atoms with E-state index in [0.717, 1.165) is 33.9 Å². The van der Waals surface area contributed by atoms with E-state index >= 15 is 0 Å². The molecule has 0 saturated heterocycles. The molecule has 2 heterocycles. The van der Waals surface area contributed by atoms with Gasteiger partial charge in [0, 0.05) is 16.0 Å². The predicted molar refractivity (Wildman–Crippen MR) is 119 cm³/mol. The van der Waals surface area contributed by atoms with Crippen LogP contribution in [0.15, 0.2) is 24.3 Å². The van der Waals surface area contributed by atoms with Crippen molar-refractivity contribution in [3.8, 4) is 17.6 Å². The standard InChI is InChI=1S/C25H30O3S/c1-7-17-14-22-21(24(3,4)16-25(5,6)28-22)13-18(17)9-10-19-11-12-20(29-19)15-23(26)27-8-2/h11-14H,7-8,15-16H2,1-6H3. The van der Waals surface area contributed by atoms with Crippen molar-refractivity contribution in [2.75, 3.05) is 6.61 Å². The van der Waals surface area contributed by atoms with Crippen molar-refractivity contribution in [1.82, 2.24) is 0 Å². The number of carbonyl (C=O) groups excluding carboxylic acids is 1. The second kappa shape index (κ2) is 8.24. The molecule has 1 aromatic heterocycles. The van der Waals surface area contributed by atoms with E-state index in [4.69, 9.17) is 9.47 Å². The summed E-state index contributed by atoms with van der Waals surface area (Å²) in [6, 6.07) is 8.32. The van der Waals surface area contributed by atoms with Crippen molar-refractivity contribution >= 4 is 17.3 Å². The number of rotatable bonds is 4. The van der Waals surface area contributed by atoms with Gasteiger partial charge in [-0.15, -0.1) is 11.3 Å². The molecule has 0 aliphatic carbocycles. The van der Waals surface area contributed by atoms with Crippen LogP contribution in [0.3, 0.4) is 0 Å². The number of ether oxygens (including phenoxy) is 2. The Balaban J connectivity index is 1.90. The summed E-state index contributed by atoms with van der Waals surface area (Å²) in [5.74, 6) is 7.45. The number of esters is 1. The van der Waals surface area contributed by atoms with Crippen LogP contribution in [-0.4, -0.2) is 18.2 Å². The van der Waals surface area contributed by atoms with Crippen molar-refractivity contribution in [1.29, 1.82) is 0 Å². The Morgan fingerprint density at radius 3 is 2.62 bits per heavy atom. The second-order valence-electron chi connectivity index (χ2n) is 8.78. The summed E-state index contributed by atoms with van der Waals surface area (Å²) in [7, 11) is 0. The third-order valence-corrected chi connectivity index (χ3v) is 6.18. The van der Waals surface area contributed by atoms with E-state index in [1.807, 2.05) is 19.1 Å². The molecule has 0 radical (unpaired) electrons. The first-order valence-electron chi connectivity index (χ1n) is 10.3. The molecule has 0 atom stereocenters. The minimum atomic E-state index is -0.193. The predicted octanol–water partition coefficient (Wildman–Crippen LogP) is 5.65. The first-order valence-corrected chi connectivity index (χ1v) is 11.1. The fourth-order valence-electron chi connectivity index (χ4n) is 4.16. The van der Waals surface area contributed by atoms with E-state index in [9.17, 15) is 4.79 Å². The number of benzene rings is 1. The Morgan fingerprint density at radius 1 is 1.17 bits per heavy atom. The molecule has 29 heavy (non-hydrogen) atoms. The normalized spacial score (nSPS) is 16.2. The van der Waals surface area contributed by atoms with Gasteiger partial charge in [0.15, 0.2) is 0 Å². The lowest BCUT2D eigenvalue weighted by Gasteiger charge is -2.42. The molecule has 1 aromatic carbocycles. The maximum absolute atomic E-state index is 11.7. The fraction of sp³-hybridized carbons (Fsp3) is 0.480. The Labute approximate surface area is 178 Å². The van der Waals surface area contributed by atoms with Gasteiger partial charge < -0.3 is 9.47 Å². The highest BCUT2D eigenvalue weighted by Crippen LogP contribution is 2.45. The number of aryl methyl sites for hydroxylation is 1. The van der Waals surface area contributed by atoms with Crippen molar-refractivity contribution in [2.45, 2.75) is 71.8 Å². The van der Waals surface area contributed by atoms with Gasteiger partial charge in [-0.25, -0.2) is 0 Å². The van der Waals surface area contributed by atoms with Crippen molar-refractivity contribution in [2.24, 2.45) is 0 Å². The summed E-state index contributed by atoms with van der Waals surface area (Å²) < 4.78 is 11.3. The molecule has 154 valence electrons. The van der Waals surface area contributed by atoms with Crippen LogP contribution in [0.5, 0.6) is 5.75 Å². The quantitative estimate of drug-likeness (QED) is 0.482. The van der Waals surface area contributed by atoms with Gasteiger partial charge in [0.1, 0.15) is 11.4 Å². The highest BCUT2D eigenvalue weighted by molar-refractivity contribution is 7.12. The maximum Gasteiger partial charge on any atom is 0.311 e. The SMILES string of the molecule is CCOC(=O)Cc1ccc(C#Cc2cc3c(cc2CC)OC(C)(C)CC3(C)C)s1. The first-order chi connectivity index (χ1) is 13.6. The van der Waals surface area contributed by atoms with Crippen LogP contribution in [0.25, 0.3) is 0 Å². The smallest absolute Gasteiger partial charge is 0.311 e. The van der Waals surface area contributed by atoms with E-state index in [2.05, 4.69) is 58.6 Å². The molecule has 0 bridgehead atoms. The Hall–Kier alpha value is -2.25. The molecule has 3 nitrogen and oxygen atoms in total. The summed E-state index contributed by atoms with van der Waals surface area (Å²) in [5.41, 5.74) is 3.36. The lowest BCUT2D eigenvalue weighted by atomic mass is 9.73. The van der Waals surface area contributed by atoms with Gasteiger partial charge in [0.05, 0.1) is 17.9 Å². The van der Waals surface area contributed by atoms with Crippen molar-refractivity contribution in [3.05, 3.63) is 50.7 Å². The molecule has 0 saturated carbocycles. The van der Waals surface area contributed by atoms with E-state index in [-0.39, 0.29) is 17.0 Å². The largest absolute Gasteiger partial charge is 0.488 e. The summed E-state index contributed by atoms with van der Waals surface area (Å²) in [5, 5.41) is 0. The molecule has 0 N–H and O–H groups in total. The summed E-state index contributed by atoms with van der Waals surface area (Å²) in [4.78, 5) is 13.6.